The molecule has 0 spiro atoms. The van der Waals surface area contributed by atoms with Crippen LogP contribution in [0, 0.1) is 19.7 Å². The summed E-state index contributed by atoms with van der Waals surface area (Å²) in [6, 6.07) is 4.99. The van der Waals surface area contributed by atoms with Crippen LogP contribution in [0.15, 0.2) is 33.8 Å². The highest BCUT2D eigenvalue weighted by Gasteiger charge is 2.22. The van der Waals surface area contributed by atoms with Gasteiger partial charge in [0.25, 0.3) is 0 Å². The molecule has 1 aliphatic rings. The van der Waals surface area contributed by atoms with E-state index in [1.807, 2.05) is 6.07 Å². The molecule has 32 heavy (non-hydrogen) atoms. The number of anilines is 1. The van der Waals surface area contributed by atoms with Crippen LogP contribution in [0.1, 0.15) is 47.4 Å². The van der Waals surface area contributed by atoms with Crippen molar-refractivity contribution in [3.05, 3.63) is 52.0 Å². The van der Waals surface area contributed by atoms with Crippen molar-refractivity contribution in [1.29, 1.82) is 0 Å². The molecule has 3 aromatic rings. The summed E-state index contributed by atoms with van der Waals surface area (Å²) in [6.45, 7) is 4.53. The van der Waals surface area contributed by atoms with Crippen LogP contribution in [0.3, 0.4) is 0 Å². The van der Waals surface area contributed by atoms with E-state index in [0.717, 1.165) is 67.0 Å². The van der Waals surface area contributed by atoms with Gasteiger partial charge in [0.05, 0.1) is 12.0 Å². The van der Waals surface area contributed by atoms with Crippen LogP contribution >= 0.6 is 11.3 Å². The highest BCUT2D eigenvalue weighted by molar-refractivity contribution is 7.89. The topological polar surface area (TPSA) is 84.2 Å². The molecule has 0 unspecified atom stereocenters. The third kappa shape index (κ3) is 5.05. The molecule has 2 N–H and O–H groups in total. The van der Waals surface area contributed by atoms with Crippen LogP contribution in [0.25, 0.3) is 11.3 Å². The molecule has 0 atom stereocenters. The largest absolute Gasteiger partial charge is 0.468 e. The Hall–Kier alpha value is -2.23. The summed E-state index contributed by atoms with van der Waals surface area (Å²) in [7, 11) is -3.54. The molecule has 9 heteroatoms. The Balaban J connectivity index is 1.24. The molecule has 172 valence electrons. The number of thiazole rings is 1. The molecule has 1 aromatic carbocycles. The van der Waals surface area contributed by atoms with Gasteiger partial charge in [0.15, 0.2) is 5.13 Å². The van der Waals surface area contributed by atoms with Gasteiger partial charge in [0.2, 0.25) is 10.0 Å². The lowest BCUT2D eigenvalue weighted by molar-refractivity contribution is 0.520. The number of aryl methyl sites for hydroxylation is 4. The number of nitrogens with one attached hydrogen (secondary N) is 2. The van der Waals surface area contributed by atoms with Gasteiger partial charge in [-0.2, -0.15) is 0 Å². The second kappa shape index (κ2) is 9.72. The van der Waals surface area contributed by atoms with Gasteiger partial charge in [0, 0.05) is 29.1 Å². The third-order valence-electron chi connectivity index (χ3n) is 5.66. The van der Waals surface area contributed by atoms with Gasteiger partial charge in [-0.3, -0.25) is 0 Å². The summed E-state index contributed by atoms with van der Waals surface area (Å²) in [6.07, 6.45) is 6.95. The van der Waals surface area contributed by atoms with E-state index in [1.165, 1.54) is 17.2 Å². The predicted octanol–water partition coefficient (Wildman–Crippen LogP) is 5.21. The second-order valence-corrected chi connectivity index (χ2v) is 10.9. The number of furan rings is 1. The Morgan fingerprint density at radius 1 is 1.16 bits per heavy atom. The number of rotatable bonds is 9. The first-order valence-corrected chi connectivity index (χ1v) is 13.2. The van der Waals surface area contributed by atoms with Crippen molar-refractivity contribution in [2.24, 2.45) is 0 Å². The van der Waals surface area contributed by atoms with Crippen molar-refractivity contribution >= 4 is 26.5 Å². The summed E-state index contributed by atoms with van der Waals surface area (Å²) in [5.74, 6) is 0.180. The normalized spacial score (nSPS) is 13.5. The minimum Gasteiger partial charge on any atom is -0.468 e. The molecule has 1 aliphatic carbocycles. The molecular weight excluding hydrogens is 449 g/mol. The number of hydrogen-bond acceptors (Lipinski definition) is 6. The van der Waals surface area contributed by atoms with E-state index in [-0.39, 0.29) is 10.7 Å². The van der Waals surface area contributed by atoms with Gasteiger partial charge in [-0.1, -0.05) is 12.5 Å². The number of fused-ring (bicyclic) bond motifs is 3. The molecule has 0 radical (unpaired) electrons. The van der Waals surface area contributed by atoms with E-state index in [9.17, 15) is 12.8 Å². The van der Waals surface area contributed by atoms with Crippen molar-refractivity contribution in [1.82, 2.24) is 9.71 Å². The van der Waals surface area contributed by atoms with Crippen LogP contribution in [0.2, 0.25) is 0 Å². The minimum absolute atomic E-state index is 0.229. The molecule has 4 rings (SSSR count). The van der Waals surface area contributed by atoms with Gasteiger partial charge in [-0.25, -0.2) is 22.5 Å². The zero-order valence-corrected chi connectivity index (χ0v) is 20.0. The van der Waals surface area contributed by atoms with Crippen LogP contribution in [-0.2, 0) is 22.9 Å². The summed E-state index contributed by atoms with van der Waals surface area (Å²) in [5, 5.41) is 4.23. The maximum atomic E-state index is 13.8. The lowest BCUT2D eigenvalue weighted by atomic mass is 10.0. The number of aromatic nitrogens is 1. The minimum atomic E-state index is -3.54. The number of hydrogen-bond donors (Lipinski definition) is 2. The Morgan fingerprint density at radius 2 is 1.97 bits per heavy atom. The van der Waals surface area contributed by atoms with E-state index >= 15 is 0 Å². The first-order valence-electron chi connectivity index (χ1n) is 10.9. The van der Waals surface area contributed by atoms with Crippen LogP contribution < -0.4 is 10.0 Å². The number of benzene rings is 1. The molecule has 2 aromatic heterocycles. The molecule has 0 saturated carbocycles. The maximum absolute atomic E-state index is 13.8. The van der Waals surface area contributed by atoms with E-state index in [2.05, 4.69) is 10.0 Å². The van der Waals surface area contributed by atoms with Gasteiger partial charge < -0.3 is 9.73 Å². The zero-order chi connectivity index (χ0) is 22.7. The summed E-state index contributed by atoms with van der Waals surface area (Å²) < 4.78 is 46.5. The van der Waals surface area contributed by atoms with E-state index in [1.54, 1.807) is 31.3 Å². The molecule has 0 amide bonds. The average Bonchev–Trinajstić information content (AvgIpc) is 3.26. The van der Waals surface area contributed by atoms with Crippen molar-refractivity contribution in [2.45, 2.75) is 57.3 Å². The SMILES string of the molecule is Cc1coc(C)c1S(=O)(=O)NCCCCCNc1nc2c(s1)CCCc1ccc(F)cc1-2. The fraction of sp³-hybridized carbons (Fsp3) is 0.435. The number of unbranched alkanes of at least 4 members (excludes halogenated alkanes) is 2. The van der Waals surface area contributed by atoms with Crippen LogP contribution in [-0.4, -0.2) is 26.5 Å². The first-order chi connectivity index (χ1) is 15.3. The Kier molecular flexibility index (Phi) is 6.97. The first kappa shape index (κ1) is 22.9. The maximum Gasteiger partial charge on any atom is 0.244 e. The van der Waals surface area contributed by atoms with E-state index in [4.69, 9.17) is 9.40 Å². The van der Waals surface area contributed by atoms with E-state index < -0.39 is 10.0 Å². The van der Waals surface area contributed by atoms with Crippen LogP contribution in [0.5, 0.6) is 0 Å². The molecular formula is C23H28FN3O3S2. The highest BCUT2D eigenvalue weighted by atomic mass is 32.2. The highest BCUT2D eigenvalue weighted by Crippen LogP contribution is 2.37. The fourth-order valence-corrected chi connectivity index (χ4v) is 6.60. The quantitative estimate of drug-likeness (QED) is 0.414. The Bertz CT molecular complexity index is 1180. The lowest BCUT2D eigenvalue weighted by Crippen LogP contribution is -2.25. The lowest BCUT2D eigenvalue weighted by Gasteiger charge is -2.07. The second-order valence-electron chi connectivity index (χ2n) is 8.14. The zero-order valence-electron chi connectivity index (χ0n) is 18.3. The molecule has 0 saturated heterocycles. The molecule has 0 bridgehead atoms. The predicted molar refractivity (Wildman–Crippen MR) is 125 cm³/mol. The summed E-state index contributed by atoms with van der Waals surface area (Å²) >= 11 is 1.65. The van der Waals surface area contributed by atoms with Crippen LogP contribution in [0.4, 0.5) is 9.52 Å². The van der Waals surface area contributed by atoms with Crippen molar-refractivity contribution < 1.29 is 17.2 Å². The smallest absolute Gasteiger partial charge is 0.244 e. The fourth-order valence-electron chi connectivity index (χ4n) is 4.10. The van der Waals surface area contributed by atoms with Gasteiger partial charge in [0.1, 0.15) is 16.5 Å². The van der Waals surface area contributed by atoms with Gasteiger partial charge in [-0.05, 0) is 63.6 Å². The molecule has 0 aliphatic heterocycles. The average molecular weight is 478 g/mol. The number of nitrogens with zero attached hydrogens (tertiary/aromatic N) is 1. The number of halogens is 1. The Labute approximate surface area is 192 Å². The third-order valence-corrected chi connectivity index (χ3v) is 8.46. The van der Waals surface area contributed by atoms with E-state index in [0.29, 0.717) is 17.9 Å². The molecule has 2 heterocycles. The van der Waals surface area contributed by atoms with Gasteiger partial charge >= 0.3 is 0 Å². The standard InChI is InChI=1S/C23H28FN3O3S2/c1-15-14-30-16(2)22(15)32(28,29)26-12-5-3-4-11-25-23-27-21-19-13-18(24)10-9-17(19)7-6-8-20(21)31-23/h9-10,13-14,26H,3-8,11-12H2,1-2H3,(H,25,27). The number of sulfonamides is 1. The van der Waals surface area contributed by atoms with Crippen molar-refractivity contribution in [3.63, 3.8) is 0 Å². The molecule has 6 nitrogen and oxygen atoms in total. The Morgan fingerprint density at radius 3 is 2.75 bits per heavy atom. The summed E-state index contributed by atoms with van der Waals surface area (Å²) in [5.41, 5.74) is 3.59. The van der Waals surface area contributed by atoms with Crippen molar-refractivity contribution in [3.8, 4) is 11.3 Å². The van der Waals surface area contributed by atoms with Gasteiger partial charge in [-0.15, -0.1) is 11.3 Å². The van der Waals surface area contributed by atoms with Crippen molar-refractivity contribution in [2.75, 3.05) is 18.4 Å². The monoisotopic (exact) mass is 477 g/mol. The molecule has 0 fully saturated rings. The summed E-state index contributed by atoms with van der Waals surface area (Å²) in [4.78, 5) is 6.19.